The summed E-state index contributed by atoms with van der Waals surface area (Å²) in [7, 11) is 1.30. The Labute approximate surface area is 194 Å². The maximum absolute atomic E-state index is 12.4. The van der Waals surface area contributed by atoms with Gasteiger partial charge in [-0.1, -0.05) is 60.7 Å². The zero-order chi connectivity index (χ0) is 23.9. The van der Waals surface area contributed by atoms with Crippen LogP contribution in [0.1, 0.15) is 37.3 Å². The average molecular weight is 457 g/mol. The van der Waals surface area contributed by atoms with E-state index < -0.39 is 24.2 Å². The number of carbonyl (C=O) groups excluding carboxylic acids is 3. The van der Waals surface area contributed by atoms with Crippen LogP contribution in [0, 0.1) is 0 Å². The molecule has 0 fully saturated rings. The quantitative estimate of drug-likeness (QED) is 0.378. The lowest BCUT2D eigenvalue weighted by Gasteiger charge is -2.22. The van der Waals surface area contributed by atoms with Gasteiger partial charge in [0.15, 0.2) is 0 Å². The summed E-state index contributed by atoms with van der Waals surface area (Å²) < 4.78 is 15.4. The van der Waals surface area contributed by atoms with Crippen molar-refractivity contribution in [2.45, 2.75) is 45.4 Å². The highest BCUT2D eigenvalue weighted by Gasteiger charge is 2.19. The standard InChI is InChI=1S/C25H32N2O6/c1-3-27(25(30)33-19-21-13-8-5-9-14-21)16-10-15-22(17-23(28)31-2)26-24(29)32-18-20-11-6-4-7-12-20/h4-9,11-14,22H,3,10,15-19H2,1-2H3,(H,26,29). The van der Waals surface area contributed by atoms with Crippen LogP contribution in [0.5, 0.6) is 0 Å². The Bertz CT molecular complexity index is 860. The van der Waals surface area contributed by atoms with E-state index in [-0.39, 0.29) is 19.6 Å². The van der Waals surface area contributed by atoms with Crippen molar-refractivity contribution < 1.29 is 28.6 Å². The maximum Gasteiger partial charge on any atom is 0.410 e. The highest BCUT2D eigenvalue weighted by Crippen LogP contribution is 2.09. The van der Waals surface area contributed by atoms with Crippen LogP contribution >= 0.6 is 0 Å². The molecule has 2 rings (SSSR count). The van der Waals surface area contributed by atoms with E-state index in [1.807, 2.05) is 67.6 Å². The summed E-state index contributed by atoms with van der Waals surface area (Å²) >= 11 is 0. The molecule has 2 amide bonds. The van der Waals surface area contributed by atoms with Gasteiger partial charge in [-0.25, -0.2) is 9.59 Å². The summed E-state index contributed by atoms with van der Waals surface area (Å²) in [6.07, 6.45) is 0.0394. The van der Waals surface area contributed by atoms with Gasteiger partial charge in [0.05, 0.1) is 13.5 Å². The van der Waals surface area contributed by atoms with E-state index in [0.717, 1.165) is 11.1 Å². The molecule has 0 saturated heterocycles. The van der Waals surface area contributed by atoms with Crippen molar-refractivity contribution in [3.05, 3.63) is 71.8 Å². The monoisotopic (exact) mass is 456 g/mol. The van der Waals surface area contributed by atoms with E-state index in [9.17, 15) is 14.4 Å². The van der Waals surface area contributed by atoms with Crippen molar-refractivity contribution in [3.63, 3.8) is 0 Å². The number of nitrogens with one attached hydrogen (secondary N) is 1. The molecule has 33 heavy (non-hydrogen) atoms. The van der Waals surface area contributed by atoms with Gasteiger partial charge in [-0.05, 0) is 30.9 Å². The molecule has 2 aromatic carbocycles. The third-order valence-corrected chi connectivity index (χ3v) is 5.00. The molecule has 0 aromatic heterocycles. The van der Waals surface area contributed by atoms with Gasteiger partial charge in [0.2, 0.25) is 0 Å². The Hall–Kier alpha value is -3.55. The molecule has 1 N–H and O–H groups in total. The minimum Gasteiger partial charge on any atom is -0.469 e. The van der Waals surface area contributed by atoms with Gasteiger partial charge in [-0.15, -0.1) is 0 Å². The van der Waals surface area contributed by atoms with E-state index in [0.29, 0.717) is 25.9 Å². The predicted molar refractivity (Wildman–Crippen MR) is 123 cm³/mol. The predicted octanol–water partition coefficient (Wildman–Crippen LogP) is 4.28. The van der Waals surface area contributed by atoms with Crippen molar-refractivity contribution in [2.75, 3.05) is 20.2 Å². The zero-order valence-electron chi connectivity index (χ0n) is 19.2. The Morgan fingerprint density at radius 1 is 0.909 bits per heavy atom. The lowest BCUT2D eigenvalue weighted by Crippen LogP contribution is -2.38. The number of benzene rings is 2. The van der Waals surface area contributed by atoms with E-state index in [1.54, 1.807) is 4.90 Å². The average Bonchev–Trinajstić information content (AvgIpc) is 2.85. The van der Waals surface area contributed by atoms with Crippen molar-refractivity contribution in [1.29, 1.82) is 0 Å². The Morgan fingerprint density at radius 3 is 2.03 bits per heavy atom. The minimum absolute atomic E-state index is 0.0154. The second-order valence-electron chi connectivity index (χ2n) is 7.45. The first kappa shape index (κ1) is 25.7. The molecule has 0 saturated carbocycles. The van der Waals surface area contributed by atoms with Crippen LogP contribution in [-0.4, -0.2) is 49.3 Å². The van der Waals surface area contributed by atoms with Crippen molar-refractivity contribution in [3.8, 4) is 0 Å². The van der Waals surface area contributed by atoms with Crippen molar-refractivity contribution in [2.24, 2.45) is 0 Å². The Balaban J connectivity index is 1.80. The normalized spacial score (nSPS) is 11.2. The molecular formula is C25H32N2O6. The number of hydrogen-bond donors (Lipinski definition) is 1. The van der Waals surface area contributed by atoms with Crippen LogP contribution in [0.2, 0.25) is 0 Å². The minimum atomic E-state index is -0.609. The van der Waals surface area contributed by atoms with Gasteiger partial charge in [0, 0.05) is 19.1 Å². The molecule has 0 heterocycles. The number of hydrogen-bond acceptors (Lipinski definition) is 6. The lowest BCUT2D eigenvalue weighted by molar-refractivity contribution is -0.141. The molecule has 1 unspecified atom stereocenters. The van der Waals surface area contributed by atoms with Crippen LogP contribution in [0.25, 0.3) is 0 Å². The van der Waals surface area contributed by atoms with E-state index >= 15 is 0 Å². The molecule has 8 heteroatoms. The number of amides is 2. The van der Waals surface area contributed by atoms with E-state index in [4.69, 9.17) is 14.2 Å². The molecule has 178 valence electrons. The van der Waals surface area contributed by atoms with Gasteiger partial charge in [0.1, 0.15) is 13.2 Å². The fraction of sp³-hybridized carbons (Fsp3) is 0.400. The highest BCUT2D eigenvalue weighted by atomic mass is 16.6. The fourth-order valence-corrected chi connectivity index (χ4v) is 3.16. The first-order valence-corrected chi connectivity index (χ1v) is 11.0. The highest BCUT2D eigenvalue weighted by molar-refractivity contribution is 5.72. The fourth-order valence-electron chi connectivity index (χ4n) is 3.16. The summed E-state index contributed by atoms with van der Waals surface area (Å²) in [5, 5.41) is 2.72. The Morgan fingerprint density at radius 2 is 1.48 bits per heavy atom. The van der Waals surface area contributed by atoms with Crippen molar-refractivity contribution >= 4 is 18.2 Å². The van der Waals surface area contributed by atoms with Crippen LogP contribution in [0.4, 0.5) is 9.59 Å². The van der Waals surface area contributed by atoms with Gasteiger partial charge >= 0.3 is 18.2 Å². The molecule has 0 aliphatic rings. The van der Waals surface area contributed by atoms with Crippen LogP contribution < -0.4 is 5.32 Å². The molecule has 0 aliphatic carbocycles. The first-order chi connectivity index (χ1) is 16.0. The molecular weight excluding hydrogens is 424 g/mol. The number of carbonyl (C=O) groups is 3. The number of alkyl carbamates (subject to hydrolysis) is 1. The second kappa shape index (κ2) is 14.5. The molecule has 2 aromatic rings. The molecule has 8 nitrogen and oxygen atoms in total. The number of ether oxygens (including phenoxy) is 3. The first-order valence-electron chi connectivity index (χ1n) is 11.0. The smallest absolute Gasteiger partial charge is 0.410 e. The molecule has 0 radical (unpaired) electrons. The molecule has 0 spiro atoms. The van der Waals surface area contributed by atoms with Gasteiger partial charge in [-0.2, -0.15) is 0 Å². The third-order valence-electron chi connectivity index (χ3n) is 5.00. The van der Waals surface area contributed by atoms with Gasteiger partial charge in [-0.3, -0.25) is 4.79 Å². The molecule has 0 aliphatic heterocycles. The summed E-state index contributed by atoms with van der Waals surface area (Å²) in [4.78, 5) is 37.9. The van der Waals surface area contributed by atoms with E-state index in [1.165, 1.54) is 7.11 Å². The summed E-state index contributed by atoms with van der Waals surface area (Å²) in [5.41, 5.74) is 1.78. The number of methoxy groups -OCH3 is 1. The van der Waals surface area contributed by atoms with Crippen LogP contribution in [0.3, 0.4) is 0 Å². The number of esters is 1. The van der Waals surface area contributed by atoms with Gasteiger partial charge in [0.25, 0.3) is 0 Å². The lowest BCUT2D eigenvalue weighted by atomic mass is 10.1. The Kier molecular flexibility index (Phi) is 11.3. The molecule has 1 atom stereocenters. The topological polar surface area (TPSA) is 94.2 Å². The third kappa shape index (κ3) is 10.1. The van der Waals surface area contributed by atoms with Crippen molar-refractivity contribution in [1.82, 2.24) is 10.2 Å². The maximum atomic E-state index is 12.4. The van der Waals surface area contributed by atoms with Crippen LogP contribution in [-0.2, 0) is 32.2 Å². The summed E-state index contributed by atoms with van der Waals surface area (Å²) in [6.45, 7) is 3.13. The molecule has 0 bridgehead atoms. The second-order valence-corrected chi connectivity index (χ2v) is 7.45. The SMILES string of the molecule is CCN(CCCC(CC(=O)OC)NC(=O)OCc1ccccc1)C(=O)OCc1ccccc1. The largest absolute Gasteiger partial charge is 0.469 e. The van der Waals surface area contributed by atoms with E-state index in [2.05, 4.69) is 5.32 Å². The van der Waals surface area contributed by atoms with Gasteiger partial charge < -0.3 is 24.4 Å². The zero-order valence-corrected chi connectivity index (χ0v) is 19.2. The number of rotatable bonds is 12. The van der Waals surface area contributed by atoms with Crippen LogP contribution in [0.15, 0.2) is 60.7 Å². The summed E-state index contributed by atoms with van der Waals surface area (Å²) in [5.74, 6) is -0.432. The summed E-state index contributed by atoms with van der Waals surface area (Å²) in [6, 6.07) is 18.3. The number of nitrogens with zero attached hydrogens (tertiary/aromatic N) is 1.